The zero-order valence-corrected chi connectivity index (χ0v) is 56.5. The molecule has 0 unspecified atom stereocenters. The number of terminal acetylenes is 2. The molecule has 0 amide bonds. The van der Waals surface area contributed by atoms with Crippen LogP contribution in [0, 0.1) is 72.4 Å². The summed E-state index contributed by atoms with van der Waals surface area (Å²) in [6.07, 6.45) is 16.0. The van der Waals surface area contributed by atoms with Crippen LogP contribution in [-0.4, -0.2) is 0 Å². The maximum absolute atomic E-state index is 6.43. The minimum atomic E-state index is 0.522. The first kappa shape index (κ1) is 66.9. The molecule has 14 aromatic rings. The molecule has 9 heteroatoms. The van der Waals surface area contributed by atoms with Crippen molar-refractivity contribution in [3.05, 3.63) is 358 Å². The third-order valence-electron chi connectivity index (χ3n) is 16.5. The summed E-state index contributed by atoms with van der Waals surface area (Å²) in [6.45, 7) is 0. The van der Waals surface area contributed by atoms with Gasteiger partial charge in [-0.3, -0.25) is 0 Å². The molecule has 0 saturated carbocycles. The highest BCUT2D eigenvalue weighted by atomic mass is 16.5. The number of nitrogens with zero attached hydrogens (tertiary/aromatic N) is 3. The molecular formula is C96H61N3O6. The number of para-hydroxylation sites is 4. The van der Waals surface area contributed by atoms with Crippen LogP contribution in [0.3, 0.4) is 0 Å². The van der Waals surface area contributed by atoms with Crippen LogP contribution in [0.15, 0.2) is 358 Å². The molecular weight excluding hydrogens is 1290 g/mol. The van der Waals surface area contributed by atoms with Crippen LogP contribution >= 0.6 is 0 Å². The summed E-state index contributed by atoms with van der Waals surface area (Å²) in [7, 11) is 0. The Balaban J connectivity index is 0.868. The number of hydrogen-bond donors (Lipinski definition) is 0. The van der Waals surface area contributed by atoms with Gasteiger partial charge in [0.1, 0.15) is 69.7 Å². The summed E-state index contributed by atoms with van der Waals surface area (Å²) in [5.41, 5.74) is 13.7. The Kier molecular flexibility index (Phi) is 21.0. The van der Waals surface area contributed by atoms with Gasteiger partial charge in [0, 0.05) is 111 Å². The van der Waals surface area contributed by atoms with Crippen LogP contribution in [0.25, 0.3) is 33.4 Å². The Morgan fingerprint density at radius 3 is 0.657 bits per heavy atom. The molecule has 0 aliphatic heterocycles. The largest absolute Gasteiger partial charge is 0.457 e. The maximum atomic E-state index is 6.43. The van der Waals surface area contributed by atoms with Gasteiger partial charge < -0.3 is 43.1 Å². The van der Waals surface area contributed by atoms with E-state index < -0.39 is 0 Å². The Labute approximate surface area is 612 Å². The van der Waals surface area contributed by atoms with Gasteiger partial charge in [0.05, 0.1) is 0 Å². The monoisotopic (exact) mass is 1350 g/mol. The van der Waals surface area contributed by atoms with Crippen LogP contribution in [0.2, 0.25) is 0 Å². The van der Waals surface area contributed by atoms with Gasteiger partial charge in [-0.1, -0.05) is 146 Å². The Morgan fingerprint density at radius 1 is 0.181 bits per heavy atom. The van der Waals surface area contributed by atoms with Gasteiger partial charge in [-0.05, 0) is 233 Å². The third-order valence-corrected chi connectivity index (χ3v) is 16.5. The molecule has 9 nitrogen and oxygen atoms in total. The number of benzene rings is 14. The fourth-order valence-corrected chi connectivity index (χ4v) is 11.8. The molecule has 0 atom stereocenters. The zero-order chi connectivity index (χ0) is 71.2. The van der Waals surface area contributed by atoms with Crippen molar-refractivity contribution in [1.82, 2.24) is 0 Å². The van der Waals surface area contributed by atoms with Crippen LogP contribution in [0.4, 0.5) is 51.2 Å². The number of rotatable bonds is 22. The van der Waals surface area contributed by atoms with Crippen LogP contribution < -0.4 is 43.1 Å². The molecule has 0 N–H and O–H groups in total. The summed E-state index contributed by atoms with van der Waals surface area (Å²) in [5.74, 6) is 26.8. The van der Waals surface area contributed by atoms with Crippen molar-refractivity contribution < 1.29 is 28.4 Å². The number of ether oxygens (including phenoxy) is 6. The average Bonchev–Trinajstić information content (AvgIpc) is 0.795. The van der Waals surface area contributed by atoms with E-state index in [1.54, 1.807) is 0 Å². The Hall–Kier alpha value is -15.4. The second-order valence-electron chi connectivity index (χ2n) is 23.5. The van der Waals surface area contributed by atoms with Crippen LogP contribution in [-0.2, 0) is 0 Å². The highest BCUT2D eigenvalue weighted by Crippen LogP contribution is 2.45. The van der Waals surface area contributed by atoms with Gasteiger partial charge in [-0.25, -0.2) is 0 Å². The van der Waals surface area contributed by atoms with Crippen molar-refractivity contribution >= 4 is 51.2 Å². The molecule has 0 heterocycles. The van der Waals surface area contributed by atoms with E-state index in [9.17, 15) is 0 Å². The van der Waals surface area contributed by atoms with Crippen LogP contribution in [0.1, 0.15) is 0 Å². The normalized spacial score (nSPS) is 10.2. The SMILES string of the molecule is C#CC#CC#COc1cccc(N(c2ccc(-c3cc(-c4ccc(N(c5cccc(OC#CC#CC#C)c5)c5cccc(Oc6ccccc6)c5)cc4)cc(-c4ccc(N(c5cccc(Oc6ccccc6)c5)c5cccc(Oc6ccccc6)c5)cc4)c3)cc2)c2cccc(Oc3ccccc3)c2)c1. The maximum Gasteiger partial charge on any atom is 0.142 e. The van der Waals surface area contributed by atoms with Crippen molar-refractivity contribution in [1.29, 1.82) is 0 Å². The van der Waals surface area contributed by atoms with Gasteiger partial charge >= 0.3 is 0 Å². The Morgan fingerprint density at radius 2 is 0.410 bits per heavy atom. The summed E-state index contributed by atoms with van der Waals surface area (Å²) in [4.78, 5) is 6.51. The molecule has 14 aromatic carbocycles. The second-order valence-corrected chi connectivity index (χ2v) is 23.5. The third kappa shape index (κ3) is 17.2. The zero-order valence-electron chi connectivity index (χ0n) is 56.5. The van der Waals surface area contributed by atoms with E-state index in [1.165, 1.54) is 0 Å². The predicted molar refractivity (Wildman–Crippen MR) is 423 cm³/mol. The summed E-state index contributed by atoms with van der Waals surface area (Å²) in [6, 6.07) is 119. The van der Waals surface area contributed by atoms with E-state index in [-0.39, 0.29) is 0 Å². The molecule has 0 fully saturated rings. The molecule has 0 aliphatic carbocycles. The standard InChI is InChI=1S/C96H61N3O6/c1-3-5-7-21-61-100-91-43-23-29-81(66-91)97(83-31-25-45-93(68-83)102-87-35-13-9-14-36-87)78-55-49-72(50-56-78)75-63-76(73-51-57-79(58-52-73)98(82-30-24-44-92(67-82)101-62-22-8-6-4-2)84-32-26-46-94(69-84)103-88-37-15-10-16-38-88)65-77(64-75)74-53-59-80(60-54-74)99(85-33-27-47-95(70-85)104-89-39-17-11-18-40-89)86-34-28-48-96(71-86)105-90-41-19-12-20-42-90/h1-2,9-20,23-60,63-71H. The van der Waals surface area contributed by atoms with Crippen LogP contribution in [0.5, 0.6) is 57.5 Å². The molecule has 105 heavy (non-hydrogen) atoms. The molecule has 0 spiro atoms. The number of anilines is 9. The van der Waals surface area contributed by atoms with Crippen molar-refractivity contribution in [3.63, 3.8) is 0 Å². The average molecular weight is 1350 g/mol. The van der Waals surface area contributed by atoms with Crippen molar-refractivity contribution in [2.45, 2.75) is 0 Å². The first-order valence-electron chi connectivity index (χ1n) is 33.6. The van der Waals surface area contributed by atoms with Gasteiger partial charge in [-0.2, -0.15) is 0 Å². The molecule has 0 saturated heterocycles. The highest BCUT2D eigenvalue weighted by Gasteiger charge is 2.21. The van der Waals surface area contributed by atoms with Crippen molar-refractivity contribution in [2.24, 2.45) is 0 Å². The van der Waals surface area contributed by atoms with E-state index in [2.05, 4.69) is 190 Å². The molecule has 0 radical (unpaired) electrons. The van der Waals surface area contributed by atoms with Crippen molar-refractivity contribution in [3.8, 4) is 163 Å². The molecule has 14 rings (SSSR count). The minimum absolute atomic E-state index is 0.522. The molecule has 0 aliphatic rings. The lowest BCUT2D eigenvalue weighted by Crippen LogP contribution is -2.10. The predicted octanol–water partition coefficient (Wildman–Crippen LogP) is 24.2. The second kappa shape index (κ2) is 33.0. The molecule has 496 valence electrons. The smallest absolute Gasteiger partial charge is 0.142 e. The Bertz CT molecular complexity index is 5400. The van der Waals surface area contributed by atoms with Gasteiger partial charge in [0.25, 0.3) is 0 Å². The fourth-order valence-electron chi connectivity index (χ4n) is 11.8. The van der Waals surface area contributed by atoms with Gasteiger partial charge in [-0.15, -0.1) is 12.8 Å². The molecule has 0 aromatic heterocycles. The lowest BCUT2D eigenvalue weighted by Gasteiger charge is -2.27. The minimum Gasteiger partial charge on any atom is -0.457 e. The van der Waals surface area contributed by atoms with Gasteiger partial charge in [0.2, 0.25) is 0 Å². The molecule has 0 bridgehead atoms. The highest BCUT2D eigenvalue weighted by molar-refractivity contribution is 5.87. The summed E-state index contributed by atoms with van der Waals surface area (Å²) < 4.78 is 37.4. The number of hydrogen-bond acceptors (Lipinski definition) is 9. The lowest BCUT2D eigenvalue weighted by molar-refractivity contribution is 0.482. The first-order valence-corrected chi connectivity index (χ1v) is 33.6. The van der Waals surface area contributed by atoms with Crippen molar-refractivity contribution in [2.75, 3.05) is 14.7 Å². The quantitative estimate of drug-likeness (QED) is 0.0618. The van der Waals surface area contributed by atoms with E-state index in [4.69, 9.17) is 41.3 Å². The van der Waals surface area contributed by atoms with E-state index in [1.807, 2.05) is 243 Å². The van der Waals surface area contributed by atoms with E-state index in [0.717, 1.165) is 108 Å². The first-order chi connectivity index (χ1) is 51.9. The van der Waals surface area contributed by atoms with E-state index in [0.29, 0.717) is 34.5 Å². The van der Waals surface area contributed by atoms with E-state index >= 15 is 0 Å². The summed E-state index contributed by atoms with van der Waals surface area (Å²) in [5, 5.41) is 0. The fraction of sp³-hybridized carbons (Fsp3) is 0. The lowest BCUT2D eigenvalue weighted by atomic mass is 9.93. The summed E-state index contributed by atoms with van der Waals surface area (Å²) >= 11 is 0. The van der Waals surface area contributed by atoms with Gasteiger partial charge in [0.15, 0.2) is 0 Å². The topological polar surface area (TPSA) is 65.1 Å².